The van der Waals surface area contributed by atoms with Gasteiger partial charge in [-0.3, -0.25) is 4.90 Å². The van der Waals surface area contributed by atoms with Crippen LogP contribution in [0.5, 0.6) is 0 Å². The normalized spacial score (nSPS) is 26.1. The Morgan fingerprint density at radius 3 is 2.53 bits per heavy atom. The first-order valence-corrected chi connectivity index (χ1v) is 6.68. The van der Waals surface area contributed by atoms with Gasteiger partial charge in [-0.05, 0) is 36.0 Å². The summed E-state index contributed by atoms with van der Waals surface area (Å²) in [5.41, 5.74) is 8.00. The summed E-state index contributed by atoms with van der Waals surface area (Å²) in [6, 6.07) is 5.80. The second-order valence-corrected chi connectivity index (χ2v) is 5.92. The molecule has 0 aromatic heterocycles. The van der Waals surface area contributed by atoms with Gasteiger partial charge in [-0.25, -0.2) is 0 Å². The Bertz CT molecular complexity index is 382. The number of hydrogen-bond donors (Lipinski definition) is 1. The van der Waals surface area contributed by atoms with Crippen LogP contribution in [-0.2, 0) is 6.54 Å². The van der Waals surface area contributed by atoms with Crippen molar-refractivity contribution in [2.75, 3.05) is 18.8 Å². The van der Waals surface area contributed by atoms with Gasteiger partial charge in [0.15, 0.2) is 0 Å². The molecule has 1 aliphatic rings. The third-order valence-electron chi connectivity index (χ3n) is 3.45. The molecule has 2 nitrogen and oxygen atoms in total. The molecule has 0 saturated carbocycles. The van der Waals surface area contributed by atoms with Gasteiger partial charge in [-0.15, -0.1) is 0 Å². The fourth-order valence-electron chi connectivity index (χ4n) is 2.87. The van der Waals surface area contributed by atoms with E-state index >= 15 is 0 Å². The number of nitrogens with zero attached hydrogens (tertiary/aromatic N) is 1. The van der Waals surface area contributed by atoms with Gasteiger partial charge in [0, 0.05) is 30.3 Å². The number of nitrogen functional groups attached to an aromatic ring is 1. The van der Waals surface area contributed by atoms with E-state index in [2.05, 4.69) is 18.7 Å². The quantitative estimate of drug-likeness (QED) is 0.818. The van der Waals surface area contributed by atoms with Crippen LogP contribution in [0.4, 0.5) is 5.69 Å². The Morgan fingerprint density at radius 1 is 1.29 bits per heavy atom. The molecule has 2 unspecified atom stereocenters. The van der Waals surface area contributed by atoms with Crippen molar-refractivity contribution in [3.8, 4) is 0 Å². The van der Waals surface area contributed by atoms with Crippen LogP contribution in [0.3, 0.4) is 0 Å². The highest BCUT2D eigenvalue weighted by molar-refractivity contribution is 6.30. The number of hydrogen-bond acceptors (Lipinski definition) is 2. The lowest BCUT2D eigenvalue weighted by atomic mass is 9.91. The molecule has 0 bridgehead atoms. The lowest BCUT2D eigenvalue weighted by Gasteiger charge is -2.35. The number of halogens is 1. The van der Waals surface area contributed by atoms with E-state index in [9.17, 15) is 0 Å². The first-order chi connectivity index (χ1) is 8.04. The zero-order valence-corrected chi connectivity index (χ0v) is 11.4. The largest absolute Gasteiger partial charge is 0.398 e. The predicted octanol–water partition coefficient (Wildman–Crippen LogP) is 3.40. The maximum atomic E-state index is 6.00. The van der Waals surface area contributed by atoms with E-state index in [4.69, 9.17) is 17.3 Å². The summed E-state index contributed by atoms with van der Waals surface area (Å²) in [4.78, 5) is 2.50. The zero-order valence-electron chi connectivity index (χ0n) is 10.6. The Morgan fingerprint density at radius 2 is 1.94 bits per heavy atom. The zero-order chi connectivity index (χ0) is 12.4. The molecule has 2 rings (SSSR count). The fourth-order valence-corrected chi connectivity index (χ4v) is 3.05. The average Bonchev–Trinajstić information content (AvgIpc) is 2.21. The molecule has 2 N–H and O–H groups in total. The van der Waals surface area contributed by atoms with E-state index < -0.39 is 0 Å². The Hall–Kier alpha value is -0.730. The molecule has 3 heteroatoms. The van der Waals surface area contributed by atoms with Crippen molar-refractivity contribution in [1.29, 1.82) is 0 Å². The molecule has 0 aliphatic carbocycles. The molecule has 17 heavy (non-hydrogen) atoms. The molecule has 94 valence electrons. The number of anilines is 1. The second-order valence-electron chi connectivity index (χ2n) is 5.48. The summed E-state index contributed by atoms with van der Waals surface area (Å²) in [6.45, 7) is 7.94. The van der Waals surface area contributed by atoms with E-state index in [1.165, 1.54) is 25.1 Å². The maximum absolute atomic E-state index is 6.00. The van der Waals surface area contributed by atoms with Gasteiger partial charge in [-0.1, -0.05) is 31.5 Å². The first-order valence-electron chi connectivity index (χ1n) is 6.31. The number of rotatable bonds is 2. The molecule has 1 aromatic rings. The minimum absolute atomic E-state index is 0.714. The van der Waals surface area contributed by atoms with Gasteiger partial charge in [-0.2, -0.15) is 0 Å². The smallest absolute Gasteiger partial charge is 0.0426 e. The van der Waals surface area contributed by atoms with Crippen LogP contribution in [0.1, 0.15) is 25.8 Å². The lowest BCUT2D eigenvalue weighted by Crippen LogP contribution is -2.38. The van der Waals surface area contributed by atoms with Crippen LogP contribution in [0, 0.1) is 11.8 Å². The summed E-state index contributed by atoms with van der Waals surface area (Å²) in [6.07, 6.45) is 1.34. The summed E-state index contributed by atoms with van der Waals surface area (Å²) in [7, 11) is 0. The van der Waals surface area contributed by atoms with Crippen molar-refractivity contribution in [2.24, 2.45) is 11.8 Å². The van der Waals surface area contributed by atoms with Gasteiger partial charge in [0.2, 0.25) is 0 Å². The topological polar surface area (TPSA) is 29.3 Å². The van der Waals surface area contributed by atoms with E-state index in [-0.39, 0.29) is 0 Å². The standard InChI is InChI=1S/C14H21ClN2/c1-10-5-11(2)8-17(7-10)9-12-3-4-13(15)6-14(12)16/h3-4,6,10-11H,5,7-9,16H2,1-2H3. The summed E-state index contributed by atoms with van der Waals surface area (Å²) in [5, 5.41) is 0.714. The number of nitrogens with two attached hydrogens (primary N) is 1. The highest BCUT2D eigenvalue weighted by Gasteiger charge is 2.22. The molecule has 1 fully saturated rings. The number of benzene rings is 1. The SMILES string of the molecule is CC1CC(C)CN(Cc2ccc(Cl)cc2N)C1. The summed E-state index contributed by atoms with van der Waals surface area (Å²) in [5.74, 6) is 1.57. The molecule has 0 spiro atoms. The van der Waals surface area contributed by atoms with E-state index in [1.54, 1.807) is 0 Å². The molecular weight excluding hydrogens is 232 g/mol. The van der Waals surface area contributed by atoms with Gasteiger partial charge < -0.3 is 5.73 Å². The molecular formula is C14H21ClN2. The molecule has 0 radical (unpaired) electrons. The van der Waals surface area contributed by atoms with Crippen LogP contribution < -0.4 is 5.73 Å². The highest BCUT2D eigenvalue weighted by atomic mass is 35.5. The second kappa shape index (κ2) is 5.28. The Kier molecular flexibility index (Phi) is 3.95. The van der Waals surface area contributed by atoms with Gasteiger partial charge in [0.25, 0.3) is 0 Å². The average molecular weight is 253 g/mol. The monoisotopic (exact) mass is 252 g/mol. The minimum atomic E-state index is 0.714. The van der Waals surface area contributed by atoms with Crippen molar-refractivity contribution in [1.82, 2.24) is 4.90 Å². The van der Waals surface area contributed by atoms with Crippen LogP contribution in [0.25, 0.3) is 0 Å². The van der Waals surface area contributed by atoms with Gasteiger partial charge in [0.05, 0.1) is 0 Å². The Labute approximate surface area is 109 Å². The van der Waals surface area contributed by atoms with Crippen LogP contribution in [-0.4, -0.2) is 18.0 Å². The number of likely N-dealkylation sites (tertiary alicyclic amines) is 1. The van der Waals surface area contributed by atoms with Crippen molar-refractivity contribution >= 4 is 17.3 Å². The molecule has 1 heterocycles. The molecule has 1 saturated heterocycles. The van der Waals surface area contributed by atoms with Crippen molar-refractivity contribution in [3.63, 3.8) is 0 Å². The molecule has 1 aliphatic heterocycles. The van der Waals surface area contributed by atoms with Crippen molar-refractivity contribution in [3.05, 3.63) is 28.8 Å². The van der Waals surface area contributed by atoms with E-state index in [1.807, 2.05) is 18.2 Å². The molecule has 0 amide bonds. The molecule has 1 aromatic carbocycles. The maximum Gasteiger partial charge on any atom is 0.0426 e. The summed E-state index contributed by atoms with van der Waals surface area (Å²) >= 11 is 5.91. The fraction of sp³-hybridized carbons (Fsp3) is 0.571. The highest BCUT2D eigenvalue weighted by Crippen LogP contribution is 2.25. The Balaban J connectivity index is 2.04. The van der Waals surface area contributed by atoms with Gasteiger partial charge in [0.1, 0.15) is 0 Å². The summed E-state index contributed by atoms with van der Waals surface area (Å²) < 4.78 is 0. The van der Waals surface area contributed by atoms with Crippen LogP contribution >= 0.6 is 11.6 Å². The minimum Gasteiger partial charge on any atom is -0.398 e. The third kappa shape index (κ3) is 3.36. The third-order valence-corrected chi connectivity index (χ3v) is 3.68. The predicted molar refractivity (Wildman–Crippen MR) is 74.1 cm³/mol. The first kappa shape index (κ1) is 12.7. The molecule has 2 atom stereocenters. The van der Waals surface area contributed by atoms with E-state index in [0.29, 0.717) is 5.02 Å². The van der Waals surface area contributed by atoms with Gasteiger partial charge >= 0.3 is 0 Å². The van der Waals surface area contributed by atoms with Crippen LogP contribution in [0.15, 0.2) is 18.2 Å². The van der Waals surface area contributed by atoms with Crippen molar-refractivity contribution < 1.29 is 0 Å². The van der Waals surface area contributed by atoms with Crippen LogP contribution in [0.2, 0.25) is 5.02 Å². The number of piperidine rings is 1. The van der Waals surface area contributed by atoms with E-state index in [0.717, 1.165) is 24.1 Å². The van der Waals surface area contributed by atoms with Crippen molar-refractivity contribution in [2.45, 2.75) is 26.8 Å². The lowest BCUT2D eigenvalue weighted by molar-refractivity contribution is 0.134.